The van der Waals surface area contributed by atoms with E-state index >= 15 is 0 Å². The van der Waals surface area contributed by atoms with Crippen molar-refractivity contribution in [3.63, 3.8) is 0 Å². The van der Waals surface area contributed by atoms with Crippen molar-refractivity contribution in [2.24, 2.45) is 7.05 Å². The summed E-state index contributed by atoms with van der Waals surface area (Å²) in [4.78, 5) is 22.2. The van der Waals surface area contributed by atoms with Crippen molar-refractivity contribution in [1.29, 1.82) is 0 Å². The largest absolute Gasteiger partial charge is 0.465 e. The summed E-state index contributed by atoms with van der Waals surface area (Å²) in [5, 5.41) is 0. The Bertz CT molecular complexity index is 476. The Morgan fingerprint density at radius 1 is 1.44 bits per heavy atom. The quantitative estimate of drug-likeness (QED) is 0.687. The van der Waals surface area contributed by atoms with E-state index in [1.54, 1.807) is 0 Å². The molecule has 0 aliphatic heterocycles. The van der Waals surface area contributed by atoms with Gasteiger partial charge in [-0.25, -0.2) is 4.79 Å². The number of rotatable bonds is 1. The lowest BCUT2D eigenvalue weighted by molar-refractivity contribution is -0.138. The molecule has 1 heterocycles. The topological polar surface area (TPSA) is 48.3 Å². The first-order chi connectivity index (χ1) is 7.27. The van der Waals surface area contributed by atoms with Crippen LogP contribution in [0.4, 0.5) is 13.2 Å². The highest BCUT2D eigenvalue weighted by molar-refractivity contribution is 5.89. The molecule has 0 bridgehead atoms. The second kappa shape index (κ2) is 3.99. The van der Waals surface area contributed by atoms with Crippen LogP contribution in [0.3, 0.4) is 0 Å². The molecule has 0 N–H and O–H groups in total. The summed E-state index contributed by atoms with van der Waals surface area (Å²) in [6.07, 6.45) is -3.80. The molecule has 16 heavy (non-hydrogen) atoms. The minimum atomic E-state index is -4.79. The van der Waals surface area contributed by atoms with Crippen molar-refractivity contribution in [1.82, 2.24) is 4.57 Å². The van der Waals surface area contributed by atoms with Gasteiger partial charge in [0.1, 0.15) is 5.56 Å². The maximum atomic E-state index is 12.4. The predicted octanol–water partition coefficient (Wildman–Crippen LogP) is 1.19. The van der Waals surface area contributed by atoms with Crippen molar-refractivity contribution < 1.29 is 22.7 Å². The second-order valence-corrected chi connectivity index (χ2v) is 3.05. The lowest BCUT2D eigenvalue weighted by Gasteiger charge is -2.09. The molecule has 0 saturated carbocycles. The molecule has 4 nitrogen and oxygen atoms in total. The van der Waals surface area contributed by atoms with Crippen molar-refractivity contribution >= 4 is 5.97 Å². The molecule has 0 aliphatic rings. The van der Waals surface area contributed by atoms with Crippen molar-refractivity contribution in [2.45, 2.75) is 6.18 Å². The first kappa shape index (κ1) is 12.3. The molecule has 1 aromatic rings. The summed E-state index contributed by atoms with van der Waals surface area (Å²) in [5.41, 5.74) is -2.92. The Kier molecular flexibility index (Phi) is 3.06. The summed E-state index contributed by atoms with van der Waals surface area (Å²) in [7, 11) is 2.17. The fourth-order valence-electron chi connectivity index (χ4n) is 1.14. The van der Waals surface area contributed by atoms with Gasteiger partial charge < -0.3 is 9.30 Å². The molecular weight excluding hydrogens is 227 g/mol. The molecule has 0 atom stereocenters. The van der Waals surface area contributed by atoms with Gasteiger partial charge in [0.05, 0.1) is 12.7 Å². The Morgan fingerprint density at radius 2 is 2.00 bits per heavy atom. The number of halogens is 3. The molecule has 0 aromatic carbocycles. The number of carbonyl (C=O) groups excluding carboxylic acids is 1. The minimum Gasteiger partial charge on any atom is -0.465 e. The van der Waals surface area contributed by atoms with Crippen LogP contribution in [0.15, 0.2) is 17.1 Å². The van der Waals surface area contributed by atoms with Crippen LogP contribution >= 0.6 is 0 Å². The van der Waals surface area contributed by atoms with Gasteiger partial charge >= 0.3 is 12.1 Å². The molecule has 0 fully saturated rings. The molecule has 0 saturated heterocycles. The van der Waals surface area contributed by atoms with Crippen LogP contribution in [0.25, 0.3) is 0 Å². The SMILES string of the molecule is COC(=O)c1cc(C(F)(F)F)c(=O)n(C)c1. The van der Waals surface area contributed by atoms with Crippen LogP contribution in [-0.4, -0.2) is 17.6 Å². The number of hydrogen-bond acceptors (Lipinski definition) is 3. The smallest absolute Gasteiger partial charge is 0.421 e. The average molecular weight is 235 g/mol. The third kappa shape index (κ3) is 2.23. The number of pyridine rings is 1. The summed E-state index contributed by atoms with van der Waals surface area (Å²) in [5.74, 6) is -0.930. The van der Waals surface area contributed by atoms with Gasteiger partial charge in [-0.1, -0.05) is 0 Å². The zero-order valence-electron chi connectivity index (χ0n) is 8.46. The second-order valence-electron chi connectivity index (χ2n) is 3.05. The summed E-state index contributed by atoms with van der Waals surface area (Å²) < 4.78 is 42.2. The Balaban J connectivity index is 3.46. The van der Waals surface area contributed by atoms with E-state index in [-0.39, 0.29) is 5.56 Å². The maximum absolute atomic E-state index is 12.4. The van der Waals surface area contributed by atoms with Gasteiger partial charge in [-0.15, -0.1) is 0 Å². The maximum Gasteiger partial charge on any atom is 0.421 e. The number of nitrogens with zero attached hydrogens (tertiary/aromatic N) is 1. The van der Waals surface area contributed by atoms with Crippen LogP contribution in [0.1, 0.15) is 15.9 Å². The van der Waals surface area contributed by atoms with E-state index in [4.69, 9.17) is 0 Å². The lowest BCUT2D eigenvalue weighted by Crippen LogP contribution is -2.28. The highest BCUT2D eigenvalue weighted by Crippen LogP contribution is 2.26. The number of methoxy groups -OCH3 is 1. The highest BCUT2D eigenvalue weighted by atomic mass is 19.4. The Labute approximate surface area is 88.3 Å². The molecule has 88 valence electrons. The molecule has 1 rings (SSSR count). The van der Waals surface area contributed by atoms with Crippen molar-refractivity contribution in [3.05, 3.63) is 33.7 Å². The Morgan fingerprint density at radius 3 is 2.44 bits per heavy atom. The van der Waals surface area contributed by atoms with Gasteiger partial charge in [0, 0.05) is 13.2 Å². The molecule has 1 aromatic heterocycles. The van der Waals surface area contributed by atoms with Gasteiger partial charge in [0.25, 0.3) is 5.56 Å². The predicted molar refractivity (Wildman–Crippen MR) is 48.0 cm³/mol. The van der Waals surface area contributed by atoms with Crippen LogP contribution in [0, 0.1) is 0 Å². The lowest BCUT2D eigenvalue weighted by atomic mass is 10.2. The van der Waals surface area contributed by atoms with Crippen molar-refractivity contribution in [3.8, 4) is 0 Å². The highest BCUT2D eigenvalue weighted by Gasteiger charge is 2.35. The number of ether oxygens (including phenoxy) is 1. The molecule has 0 amide bonds. The molecule has 0 unspecified atom stereocenters. The summed E-state index contributed by atoms with van der Waals surface area (Å²) >= 11 is 0. The third-order valence-corrected chi connectivity index (χ3v) is 1.91. The van der Waals surface area contributed by atoms with Gasteiger partial charge in [-0.2, -0.15) is 13.2 Å². The van der Waals surface area contributed by atoms with E-state index in [0.29, 0.717) is 10.6 Å². The third-order valence-electron chi connectivity index (χ3n) is 1.91. The van der Waals surface area contributed by atoms with Gasteiger partial charge in [-0.3, -0.25) is 4.79 Å². The first-order valence-electron chi connectivity index (χ1n) is 4.13. The normalized spacial score (nSPS) is 11.3. The average Bonchev–Trinajstić information content (AvgIpc) is 2.18. The minimum absolute atomic E-state index is 0.322. The van der Waals surface area contributed by atoms with E-state index in [2.05, 4.69) is 4.74 Å². The number of hydrogen-bond donors (Lipinski definition) is 0. The van der Waals surface area contributed by atoms with Gasteiger partial charge in [-0.05, 0) is 6.07 Å². The zero-order valence-corrected chi connectivity index (χ0v) is 8.46. The standard InChI is InChI=1S/C9H8F3NO3/c1-13-4-5(8(15)16-2)3-6(7(13)14)9(10,11)12/h3-4H,1-2H3. The fraction of sp³-hybridized carbons (Fsp3) is 0.333. The summed E-state index contributed by atoms with van der Waals surface area (Å²) in [6, 6.07) is 0.480. The van der Waals surface area contributed by atoms with Gasteiger partial charge in [0.2, 0.25) is 0 Å². The first-order valence-corrected chi connectivity index (χ1v) is 4.13. The number of aromatic nitrogens is 1. The van der Waals surface area contributed by atoms with Crippen LogP contribution < -0.4 is 5.56 Å². The number of aryl methyl sites for hydroxylation is 1. The van der Waals surface area contributed by atoms with Crippen molar-refractivity contribution in [2.75, 3.05) is 7.11 Å². The van der Waals surface area contributed by atoms with E-state index < -0.39 is 23.3 Å². The number of carbonyl (C=O) groups is 1. The Hall–Kier alpha value is -1.79. The summed E-state index contributed by atoms with van der Waals surface area (Å²) in [6.45, 7) is 0. The van der Waals surface area contributed by atoms with E-state index in [9.17, 15) is 22.8 Å². The van der Waals surface area contributed by atoms with Crippen LogP contribution in [0.5, 0.6) is 0 Å². The fourth-order valence-corrected chi connectivity index (χ4v) is 1.14. The monoisotopic (exact) mass is 235 g/mol. The zero-order chi connectivity index (χ0) is 12.5. The van der Waals surface area contributed by atoms with E-state index in [1.165, 1.54) is 0 Å². The molecule has 0 aliphatic carbocycles. The van der Waals surface area contributed by atoms with E-state index in [0.717, 1.165) is 20.4 Å². The van der Waals surface area contributed by atoms with E-state index in [1.807, 2.05) is 0 Å². The van der Waals surface area contributed by atoms with Crippen LogP contribution in [0.2, 0.25) is 0 Å². The van der Waals surface area contributed by atoms with Crippen LogP contribution in [-0.2, 0) is 18.0 Å². The molecule has 7 heteroatoms. The number of esters is 1. The number of alkyl halides is 3. The van der Waals surface area contributed by atoms with Gasteiger partial charge in [0.15, 0.2) is 0 Å². The molecular formula is C9H8F3NO3. The molecule has 0 spiro atoms. The molecule has 0 radical (unpaired) electrons.